The SMILES string of the molecule is O=C(O)N1CCC(OC(F)F)CC1. The molecular formula is C7H11F2NO3. The zero-order chi connectivity index (χ0) is 9.84. The topological polar surface area (TPSA) is 49.8 Å². The minimum absolute atomic E-state index is 0.271. The average Bonchev–Trinajstić information content (AvgIpc) is 2.04. The number of nitrogens with zero attached hydrogens (tertiary/aromatic N) is 1. The predicted molar refractivity (Wildman–Crippen MR) is 39.7 cm³/mol. The van der Waals surface area contributed by atoms with Gasteiger partial charge in [0.15, 0.2) is 0 Å². The van der Waals surface area contributed by atoms with E-state index in [9.17, 15) is 13.6 Å². The van der Waals surface area contributed by atoms with Crippen molar-refractivity contribution < 1.29 is 23.4 Å². The maximum Gasteiger partial charge on any atom is 0.407 e. The van der Waals surface area contributed by atoms with E-state index in [1.165, 1.54) is 4.90 Å². The number of hydrogen-bond acceptors (Lipinski definition) is 2. The zero-order valence-corrected chi connectivity index (χ0v) is 6.95. The molecule has 6 heteroatoms. The fraction of sp³-hybridized carbons (Fsp3) is 0.857. The van der Waals surface area contributed by atoms with Crippen LogP contribution in [-0.2, 0) is 4.74 Å². The first-order valence-corrected chi connectivity index (χ1v) is 4.01. The minimum Gasteiger partial charge on any atom is -0.465 e. The molecule has 0 aromatic carbocycles. The quantitative estimate of drug-likeness (QED) is 0.723. The van der Waals surface area contributed by atoms with Crippen molar-refractivity contribution in [3.05, 3.63) is 0 Å². The van der Waals surface area contributed by atoms with Crippen LogP contribution in [-0.4, -0.2) is 41.9 Å². The number of carboxylic acid groups (broad SMARTS) is 1. The van der Waals surface area contributed by atoms with Crippen LogP contribution in [0.15, 0.2) is 0 Å². The molecule has 13 heavy (non-hydrogen) atoms. The lowest BCUT2D eigenvalue weighted by molar-refractivity contribution is -0.171. The molecule has 0 aliphatic carbocycles. The smallest absolute Gasteiger partial charge is 0.407 e. The summed E-state index contributed by atoms with van der Waals surface area (Å²) in [6.45, 7) is -2.22. The highest BCUT2D eigenvalue weighted by Crippen LogP contribution is 2.16. The van der Waals surface area contributed by atoms with Crippen LogP contribution in [0.5, 0.6) is 0 Å². The van der Waals surface area contributed by atoms with Crippen molar-refractivity contribution in [1.82, 2.24) is 4.90 Å². The van der Waals surface area contributed by atoms with E-state index >= 15 is 0 Å². The minimum atomic E-state index is -2.76. The summed E-state index contributed by atoms with van der Waals surface area (Å²) < 4.78 is 27.7. The molecule has 1 N–H and O–H groups in total. The summed E-state index contributed by atoms with van der Waals surface area (Å²) in [5.74, 6) is 0. The van der Waals surface area contributed by atoms with Crippen LogP contribution < -0.4 is 0 Å². The Labute approximate surface area is 74.1 Å². The van der Waals surface area contributed by atoms with Crippen LogP contribution in [0.2, 0.25) is 0 Å². The van der Waals surface area contributed by atoms with E-state index < -0.39 is 18.8 Å². The molecule has 4 nitrogen and oxygen atoms in total. The van der Waals surface area contributed by atoms with Gasteiger partial charge < -0.3 is 14.7 Å². The molecule has 0 radical (unpaired) electrons. The van der Waals surface area contributed by atoms with Crippen LogP contribution >= 0.6 is 0 Å². The van der Waals surface area contributed by atoms with E-state index in [4.69, 9.17) is 5.11 Å². The van der Waals surface area contributed by atoms with Crippen molar-refractivity contribution >= 4 is 6.09 Å². The average molecular weight is 195 g/mol. The van der Waals surface area contributed by atoms with E-state index in [2.05, 4.69) is 4.74 Å². The maximum absolute atomic E-state index is 11.7. The number of carbonyl (C=O) groups is 1. The van der Waals surface area contributed by atoms with Gasteiger partial charge in [0.2, 0.25) is 0 Å². The molecule has 1 saturated heterocycles. The molecule has 1 fully saturated rings. The molecule has 0 aromatic heterocycles. The normalized spacial score (nSPS) is 19.5. The van der Waals surface area contributed by atoms with Crippen molar-refractivity contribution in [1.29, 1.82) is 0 Å². The first-order chi connectivity index (χ1) is 6.09. The van der Waals surface area contributed by atoms with Gasteiger partial charge in [0, 0.05) is 13.1 Å². The molecule has 1 heterocycles. The van der Waals surface area contributed by atoms with Gasteiger partial charge in [0.05, 0.1) is 6.10 Å². The predicted octanol–water partition coefficient (Wildman–Crippen LogP) is 1.37. The number of rotatable bonds is 2. The zero-order valence-electron chi connectivity index (χ0n) is 6.95. The van der Waals surface area contributed by atoms with Gasteiger partial charge in [-0.25, -0.2) is 4.79 Å². The fourth-order valence-corrected chi connectivity index (χ4v) is 1.33. The summed E-state index contributed by atoms with van der Waals surface area (Å²) in [7, 11) is 0. The molecule has 0 aromatic rings. The molecule has 0 bridgehead atoms. The lowest BCUT2D eigenvalue weighted by Crippen LogP contribution is -2.40. The Morgan fingerprint density at radius 3 is 2.38 bits per heavy atom. The number of halogens is 2. The molecule has 76 valence electrons. The summed E-state index contributed by atoms with van der Waals surface area (Å²) in [5.41, 5.74) is 0. The number of ether oxygens (including phenoxy) is 1. The summed E-state index contributed by atoms with van der Waals surface area (Å²) in [6.07, 6.45) is -0.820. The van der Waals surface area contributed by atoms with Crippen molar-refractivity contribution in [3.8, 4) is 0 Å². The lowest BCUT2D eigenvalue weighted by atomic mass is 10.1. The maximum atomic E-state index is 11.7. The lowest BCUT2D eigenvalue weighted by Gasteiger charge is -2.29. The number of likely N-dealkylation sites (tertiary alicyclic amines) is 1. The highest BCUT2D eigenvalue weighted by atomic mass is 19.3. The first kappa shape index (κ1) is 10.2. The number of hydrogen-bond donors (Lipinski definition) is 1. The molecule has 0 spiro atoms. The second-order valence-electron chi connectivity index (χ2n) is 2.87. The highest BCUT2D eigenvalue weighted by Gasteiger charge is 2.24. The van der Waals surface area contributed by atoms with Gasteiger partial charge in [0.1, 0.15) is 0 Å². The number of amides is 1. The van der Waals surface area contributed by atoms with E-state index in [1.54, 1.807) is 0 Å². The summed E-state index contributed by atoms with van der Waals surface area (Å²) in [5, 5.41) is 8.54. The second kappa shape index (κ2) is 4.36. The molecule has 1 aliphatic rings. The second-order valence-corrected chi connectivity index (χ2v) is 2.87. The van der Waals surface area contributed by atoms with E-state index in [-0.39, 0.29) is 13.1 Å². The summed E-state index contributed by atoms with van der Waals surface area (Å²) >= 11 is 0. The number of piperidine rings is 1. The van der Waals surface area contributed by atoms with E-state index in [0.717, 1.165) is 0 Å². The molecule has 0 saturated carbocycles. The van der Waals surface area contributed by atoms with Crippen LogP contribution in [0.3, 0.4) is 0 Å². The Morgan fingerprint density at radius 2 is 2.00 bits per heavy atom. The van der Waals surface area contributed by atoms with Gasteiger partial charge in [-0.3, -0.25) is 0 Å². The Hall–Kier alpha value is -0.910. The third-order valence-electron chi connectivity index (χ3n) is 2.01. The Morgan fingerprint density at radius 1 is 1.46 bits per heavy atom. The van der Waals surface area contributed by atoms with Gasteiger partial charge in [-0.2, -0.15) is 8.78 Å². The van der Waals surface area contributed by atoms with Crippen molar-refractivity contribution in [2.75, 3.05) is 13.1 Å². The van der Waals surface area contributed by atoms with Crippen molar-refractivity contribution in [3.63, 3.8) is 0 Å². The molecule has 1 rings (SSSR count). The largest absolute Gasteiger partial charge is 0.465 e. The van der Waals surface area contributed by atoms with Gasteiger partial charge in [-0.05, 0) is 12.8 Å². The Kier molecular flexibility index (Phi) is 3.41. The monoisotopic (exact) mass is 195 g/mol. The summed E-state index contributed by atoms with van der Waals surface area (Å²) in [4.78, 5) is 11.6. The number of alkyl halides is 2. The third kappa shape index (κ3) is 3.14. The van der Waals surface area contributed by atoms with Crippen LogP contribution in [0.1, 0.15) is 12.8 Å². The van der Waals surface area contributed by atoms with Crippen LogP contribution in [0.25, 0.3) is 0 Å². The van der Waals surface area contributed by atoms with Crippen LogP contribution in [0.4, 0.5) is 13.6 Å². The van der Waals surface area contributed by atoms with Crippen molar-refractivity contribution in [2.45, 2.75) is 25.6 Å². The fourth-order valence-electron chi connectivity index (χ4n) is 1.33. The van der Waals surface area contributed by atoms with E-state index in [1.807, 2.05) is 0 Å². The Bertz CT molecular complexity index is 181. The molecule has 1 amide bonds. The van der Waals surface area contributed by atoms with Crippen molar-refractivity contribution in [2.24, 2.45) is 0 Å². The van der Waals surface area contributed by atoms with Gasteiger partial charge >= 0.3 is 12.7 Å². The Balaban J connectivity index is 2.26. The van der Waals surface area contributed by atoms with Gasteiger partial charge in [-0.1, -0.05) is 0 Å². The first-order valence-electron chi connectivity index (χ1n) is 4.01. The molecular weight excluding hydrogens is 184 g/mol. The van der Waals surface area contributed by atoms with E-state index in [0.29, 0.717) is 12.8 Å². The third-order valence-corrected chi connectivity index (χ3v) is 2.01. The van der Waals surface area contributed by atoms with Crippen LogP contribution in [0, 0.1) is 0 Å². The van der Waals surface area contributed by atoms with Gasteiger partial charge in [-0.15, -0.1) is 0 Å². The van der Waals surface area contributed by atoms with Gasteiger partial charge in [0.25, 0.3) is 0 Å². The standard InChI is InChI=1S/C7H11F2NO3/c8-6(9)13-5-1-3-10(4-2-5)7(11)12/h5-6H,1-4H2,(H,11,12). The molecule has 0 unspecified atom stereocenters. The summed E-state index contributed by atoms with van der Waals surface area (Å²) in [6, 6.07) is 0. The highest BCUT2D eigenvalue weighted by molar-refractivity contribution is 5.64. The molecule has 0 atom stereocenters. The molecule has 1 aliphatic heterocycles.